The number of nitrogens with one attached hydrogen (secondary N) is 2. The number of H-pyrrole nitrogens is 1. The molecular formula is C29H31N3O3. The molecule has 1 aliphatic rings. The summed E-state index contributed by atoms with van der Waals surface area (Å²) in [6.07, 6.45) is 6.11. The average Bonchev–Trinajstić information content (AvgIpc) is 3.32. The van der Waals surface area contributed by atoms with Crippen molar-refractivity contribution in [1.82, 2.24) is 15.3 Å². The number of aromatic nitrogens is 2. The molecule has 0 aliphatic carbocycles. The van der Waals surface area contributed by atoms with Crippen molar-refractivity contribution in [3.05, 3.63) is 72.2 Å². The Kier molecular flexibility index (Phi) is 6.55. The number of carbonyl (C=O) groups excluding carboxylic acids is 1. The van der Waals surface area contributed by atoms with Gasteiger partial charge < -0.3 is 19.8 Å². The highest BCUT2D eigenvalue weighted by Crippen LogP contribution is 2.42. The summed E-state index contributed by atoms with van der Waals surface area (Å²) in [6, 6.07) is 15.9. The van der Waals surface area contributed by atoms with Crippen molar-refractivity contribution in [3.8, 4) is 28.0 Å². The predicted molar refractivity (Wildman–Crippen MR) is 139 cm³/mol. The number of ether oxygens (including phenoxy) is 2. The van der Waals surface area contributed by atoms with Gasteiger partial charge in [-0.15, -0.1) is 0 Å². The van der Waals surface area contributed by atoms with Crippen molar-refractivity contribution in [2.75, 3.05) is 27.3 Å². The zero-order chi connectivity index (χ0) is 24.4. The van der Waals surface area contributed by atoms with Gasteiger partial charge in [0.05, 0.1) is 19.8 Å². The maximum absolute atomic E-state index is 12.8. The standard InChI is InChI=1S/C29H31N3O3/c1-18(20-6-5-13-30-15-20)28-26(27-24(29(33)35-3)7-4-8-25(27)32-28)22-14-21(16-31-17-22)19-9-11-23(34-2)12-10-19/h4,7-12,14,16-18,20,30,32H,5-6,13,15H2,1-3H3. The van der Waals surface area contributed by atoms with E-state index in [0.717, 1.165) is 57.7 Å². The van der Waals surface area contributed by atoms with Crippen LogP contribution in [0, 0.1) is 5.92 Å². The van der Waals surface area contributed by atoms with Crippen molar-refractivity contribution in [3.63, 3.8) is 0 Å². The largest absolute Gasteiger partial charge is 0.497 e. The normalized spacial score (nSPS) is 16.7. The quantitative estimate of drug-likeness (QED) is 0.349. The van der Waals surface area contributed by atoms with Gasteiger partial charge in [0, 0.05) is 51.6 Å². The number of piperidine rings is 1. The van der Waals surface area contributed by atoms with Crippen molar-refractivity contribution >= 4 is 16.9 Å². The summed E-state index contributed by atoms with van der Waals surface area (Å²) in [7, 11) is 3.09. The second kappa shape index (κ2) is 9.92. The van der Waals surface area contributed by atoms with Gasteiger partial charge in [0.15, 0.2) is 0 Å². The Morgan fingerprint density at radius 3 is 2.57 bits per heavy atom. The van der Waals surface area contributed by atoms with Crippen LogP contribution < -0.4 is 10.1 Å². The van der Waals surface area contributed by atoms with Crippen LogP contribution in [-0.4, -0.2) is 43.2 Å². The Hall–Kier alpha value is -3.64. The number of hydrogen-bond acceptors (Lipinski definition) is 5. The van der Waals surface area contributed by atoms with Gasteiger partial charge in [-0.3, -0.25) is 4.98 Å². The van der Waals surface area contributed by atoms with Crippen LogP contribution in [0.25, 0.3) is 33.2 Å². The summed E-state index contributed by atoms with van der Waals surface area (Å²) in [5, 5.41) is 4.43. The molecule has 5 rings (SSSR count). The number of carbonyl (C=O) groups is 1. The average molecular weight is 470 g/mol. The van der Waals surface area contributed by atoms with Gasteiger partial charge in [0.2, 0.25) is 0 Å². The molecule has 1 saturated heterocycles. The zero-order valence-corrected chi connectivity index (χ0v) is 20.4. The third-order valence-electron chi connectivity index (χ3n) is 7.21. The summed E-state index contributed by atoms with van der Waals surface area (Å²) in [5.41, 5.74) is 6.70. The minimum Gasteiger partial charge on any atom is -0.497 e. The van der Waals surface area contributed by atoms with E-state index in [0.29, 0.717) is 11.5 Å². The van der Waals surface area contributed by atoms with Crippen LogP contribution in [0.1, 0.15) is 41.7 Å². The number of fused-ring (bicyclic) bond motifs is 1. The molecule has 1 fully saturated rings. The van der Waals surface area contributed by atoms with Crippen LogP contribution >= 0.6 is 0 Å². The molecule has 35 heavy (non-hydrogen) atoms. The molecule has 2 unspecified atom stereocenters. The summed E-state index contributed by atoms with van der Waals surface area (Å²) in [6.45, 7) is 4.34. The van der Waals surface area contributed by atoms with Crippen LogP contribution in [0.2, 0.25) is 0 Å². The zero-order valence-electron chi connectivity index (χ0n) is 20.4. The van der Waals surface area contributed by atoms with Gasteiger partial charge in [0.1, 0.15) is 5.75 Å². The van der Waals surface area contributed by atoms with Crippen LogP contribution in [-0.2, 0) is 4.74 Å². The van der Waals surface area contributed by atoms with Crippen molar-refractivity contribution in [2.24, 2.45) is 5.92 Å². The first-order valence-electron chi connectivity index (χ1n) is 12.1. The van der Waals surface area contributed by atoms with Gasteiger partial charge in [-0.1, -0.05) is 25.1 Å². The van der Waals surface area contributed by atoms with Crippen LogP contribution in [0.5, 0.6) is 5.75 Å². The van der Waals surface area contributed by atoms with Crippen molar-refractivity contribution in [2.45, 2.75) is 25.7 Å². The first kappa shape index (κ1) is 23.1. The molecule has 0 amide bonds. The maximum Gasteiger partial charge on any atom is 0.338 e. The van der Waals surface area contributed by atoms with Gasteiger partial charge in [0.25, 0.3) is 0 Å². The van der Waals surface area contributed by atoms with Gasteiger partial charge >= 0.3 is 5.97 Å². The summed E-state index contributed by atoms with van der Waals surface area (Å²) in [5.74, 6) is 1.26. The molecule has 6 heteroatoms. The molecular weight excluding hydrogens is 438 g/mol. The lowest BCUT2D eigenvalue weighted by Crippen LogP contribution is -2.32. The van der Waals surface area contributed by atoms with E-state index in [1.54, 1.807) is 7.11 Å². The van der Waals surface area contributed by atoms with E-state index in [4.69, 9.17) is 9.47 Å². The van der Waals surface area contributed by atoms with Crippen molar-refractivity contribution < 1.29 is 14.3 Å². The fourth-order valence-electron chi connectivity index (χ4n) is 5.25. The van der Waals surface area contributed by atoms with E-state index >= 15 is 0 Å². The molecule has 2 aromatic carbocycles. The highest BCUT2D eigenvalue weighted by atomic mass is 16.5. The van der Waals surface area contributed by atoms with E-state index in [1.165, 1.54) is 20.0 Å². The molecule has 0 radical (unpaired) electrons. The molecule has 180 valence electrons. The molecule has 0 saturated carbocycles. The third-order valence-corrected chi connectivity index (χ3v) is 7.21. The number of nitrogens with zero attached hydrogens (tertiary/aromatic N) is 1. The predicted octanol–water partition coefficient (Wildman–Crippen LogP) is 5.80. The first-order chi connectivity index (χ1) is 17.1. The third kappa shape index (κ3) is 4.42. The van der Waals surface area contributed by atoms with E-state index in [2.05, 4.69) is 28.3 Å². The van der Waals surface area contributed by atoms with E-state index in [1.807, 2.05) is 54.9 Å². The Bertz CT molecular complexity index is 1340. The Morgan fingerprint density at radius 2 is 1.86 bits per heavy atom. The highest BCUT2D eigenvalue weighted by Gasteiger charge is 2.28. The topological polar surface area (TPSA) is 76.2 Å². The monoisotopic (exact) mass is 469 g/mol. The number of methoxy groups -OCH3 is 2. The van der Waals surface area contributed by atoms with E-state index in [-0.39, 0.29) is 11.9 Å². The molecule has 2 aromatic heterocycles. The smallest absolute Gasteiger partial charge is 0.338 e. The number of hydrogen-bond donors (Lipinski definition) is 2. The van der Waals surface area contributed by atoms with E-state index in [9.17, 15) is 4.79 Å². The maximum atomic E-state index is 12.8. The number of pyridine rings is 1. The lowest BCUT2D eigenvalue weighted by molar-refractivity contribution is 0.0603. The summed E-state index contributed by atoms with van der Waals surface area (Å²) >= 11 is 0. The molecule has 4 aromatic rings. The van der Waals surface area contributed by atoms with Crippen molar-refractivity contribution in [1.29, 1.82) is 0 Å². The molecule has 3 heterocycles. The lowest BCUT2D eigenvalue weighted by Gasteiger charge is -2.28. The fraction of sp³-hybridized carbons (Fsp3) is 0.310. The molecule has 2 N–H and O–H groups in total. The van der Waals surface area contributed by atoms with Crippen LogP contribution in [0.3, 0.4) is 0 Å². The van der Waals surface area contributed by atoms with E-state index < -0.39 is 0 Å². The van der Waals surface area contributed by atoms with Gasteiger partial charge in [-0.25, -0.2) is 4.79 Å². The number of rotatable bonds is 6. The first-order valence-corrected chi connectivity index (χ1v) is 12.1. The molecule has 2 atom stereocenters. The molecule has 6 nitrogen and oxygen atoms in total. The second-order valence-corrected chi connectivity index (χ2v) is 9.22. The SMILES string of the molecule is COC(=O)c1cccc2[nH]c(C(C)C3CCCNC3)c(-c3cncc(-c4ccc(OC)cc4)c3)c12. The molecule has 0 spiro atoms. The molecule has 1 aliphatic heterocycles. The summed E-state index contributed by atoms with van der Waals surface area (Å²) < 4.78 is 10.5. The highest BCUT2D eigenvalue weighted by molar-refractivity contribution is 6.11. The van der Waals surface area contributed by atoms with Crippen LogP contribution in [0.15, 0.2) is 60.9 Å². The number of aromatic amines is 1. The second-order valence-electron chi connectivity index (χ2n) is 9.22. The Labute approximate surface area is 205 Å². The fourth-order valence-corrected chi connectivity index (χ4v) is 5.25. The van der Waals surface area contributed by atoms with Gasteiger partial charge in [-0.2, -0.15) is 0 Å². The lowest BCUT2D eigenvalue weighted by atomic mass is 9.82. The number of benzene rings is 2. The Balaban J connectivity index is 1.69. The number of esters is 1. The Morgan fingerprint density at radius 1 is 1.06 bits per heavy atom. The van der Waals surface area contributed by atoms with Gasteiger partial charge in [-0.05, 0) is 67.7 Å². The van der Waals surface area contributed by atoms with Crippen LogP contribution in [0.4, 0.5) is 0 Å². The minimum atomic E-state index is -0.339. The summed E-state index contributed by atoms with van der Waals surface area (Å²) in [4.78, 5) is 21.0. The molecule has 0 bridgehead atoms. The minimum absolute atomic E-state index is 0.278.